The second-order valence-corrected chi connectivity index (χ2v) is 7.80. The van der Waals surface area contributed by atoms with Gasteiger partial charge in [0.1, 0.15) is 23.3 Å². The molecule has 3 rings (SSSR count). The topological polar surface area (TPSA) is 126 Å². The zero-order valence-electron chi connectivity index (χ0n) is 19.8. The third-order valence-corrected chi connectivity index (χ3v) is 5.29. The number of fused-ring (bicyclic) bond motifs is 1. The van der Waals surface area contributed by atoms with Crippen molar-refractivity contribution in [2.45, 2.75) is 19.8 Å². The number of urea groups is 1. The highest BCUT2D eigenvalue weighted by atomic mass is 16.5. The number of phenols is 1. The number of aryl methyl sites for hydroxylation is 1. The Morgan fingerprint density at radius 3 is 2.80 bits per heavy atom. The second-order valence-electron chi connectivity index (χ2n) is 7.80. The zero-order chi connectivity index (χ0) is 25.4. The monoisotopic (exact) mass is 475 g/mol. The average Bonchev–Trinajstić information content (AvgIpc) is 3.22. The van der Waals surface area contributed by atoms with Crippen molar-refractivity contribution in [1.82, 2.24) is 25.3 Å². The summed E-state index contributed by atoms with van der Waals surface area (Å²) >= 11 is 0. The molecule has 2 amide bonds. The number of hydrazone groups is 1. The molecule has 4 N–H and O–H groups in total. The maximum absolute atomic E-state index is 12.7. The Hall–Kier alpha value is -4.60. The number of benzene rings is 1. The molecular weight excluding hydrogens is 446 g/mol. The maximum atomic E-state index is 12.7. The number of allylic oxidation sites excluding steroid dienone is 4. The summed E-state index contributed by atoms with van der Waals surface area (Å²) in [7, 11) is 1.86. The fourth-order valence-corrected chi connectivity index (χ4v) is 3.47. The van der Waals surface area contributed by atoms with Gasteiger partial charge in [-0.05, 0) is 43.9 Å². The molecule has 2 aromatic heterocycles. The highest BCUT2D eigenvalue weighted by molar-refractivity contribution is 5.92. The van der Waals surface area contributed by atoms with E-state index in [1.807, 2.05) is 23.9 Å². The van der Waals surface area contributed by atoms with E-state index >= 15 is 0 Å². The Labute approximate surface area is 203 Å². The van der Waals surface area contributed by atoms with Crippen LogP contribution in [0.2, 0.25) is 0 Å². The molecule has 35 heavy (non-hydrogen) atoms. The maximum Gasteiger partial charge on any atom is 0.323 e. The number of nitrogens with zero attached hydrogens (tertiary/aromatic N) is 4. The van der Waals surface area contributed by atoms with Crippen molar-refractivity contribution >= 4 is 29.5 Å². The van der Waals surface area contributed by atoms with E-state index in [1.165, 1.54) is 18.5 Å². The quantitative estimate of drug-likeness (QED) is 0.137. The van der Waals surface area contributed by atoms with E-state index in [-0.39, 0.29) is 17.4 Å². The zero-order valence-corrected chi connectivity index (χ0v) is 19.8. The Kier molecular flexibility index (Phi) is 8.23. The number of carbonyl (C=O) groups is 1. The molecule has 0 bridgehead atoms. The number of ether oxygens (including phenoxy) is 1. The van der Waals surface area contributed by atoms with Gasteiger partial charge in [0, 0.05) is 37.4 Å². The summed E-state index contributed by atoms with van der Waals surface area (Å²) in [6, 6.07) is 5.88. The van der Waals surface area contributed by atoms with Crippen LogP contribution in [0.4, 0.5) is 10.5 Å². The number of phenolic OH excluding ortho intramolecular Hbond substituents is 1. The van der Waals surface area contributed by atoms with Crippen molar-refractivity contribution in [3.05, 3.63) is 73.5 Å². The summed E-state index contributed by atoms with van der Waals surface area (Å²) in [5, 5.41) is 19.6. The SMILES string of the molecule is C=CCC(C=C)C/C(NC(=O)Nc1ccc(Oc2ncnc3ccn(C)c23)cc1O)=C(/C)NN=C. The molecule has 0 fully saturated rings. The van der Waals surface area contributed by atoms with Crippen LogP contribution in [0.15, 0.2) is 78.6 Å². The molecule has 3 aromatic rings. The predicted molar refractivity (Wildman–Crippen MR) is 137 cm³/mol. The average molecular weight is 476 g/mol. The number of amides is 2. The van der Waals surface area contributed by atoms with Gasteiger partial charge in [-0.25, -0.2) is 9.78 Å². The van der Waals surface area contributed by atoms with E-state index in [9.17, 15) is 9.90 Å². The van der Waals surface area contributed by atoms with Crippen LogP contribution in [0.3, 0.4) is 0 Å². The van der Waals surface area contributed by atoms with Crippen LogP contribution >= 0.6 is 0 Å². The number of carbonyl (C=O) groups excluding carboxylic acids is 1. The summed E-state index contributed by atoms with van der Waals surface area (Å²) in [4.78, 5) is 21.1. The smallest absolute Gasteiger partial charge is 0.323 e. The molecule has 0 radical (unpaired) electrons. The Balaban J connectivity index is 1.73. The Morgan fingerprint density at radius 1 is 1.31 bits per heavy atom. The molecule has 0 spiro atoms. The van der Waals surface area contributed by atoms with Crippen molar-refractivity contribution in [2.24, 2.45) is 18.1 Å². The second kappa shape index (κ2) is 11.5. The normalized spacial score (nSPS) is 12.3. The first-order valence-corrected chi connectivity index (χ1v) is 10.9. The van der Waals surface area contributed by atoms with Gasteiger partial charge in [0.15, 0.2) is 0 Å². The van der Waals surface area contributed by atoms with E-state index in [1.54, 1.807) is 25.1 Å². The van der Waals surface area contributed by atoms with Crippen LogP contribution in [0.5, 0.6) is 17.4 Å². The van der Waals surface area contributed by atoms with Gasteiger partial charge in [-0.3, -0.25) is 5.43 Å². The van der Waals surface area contributed by atoms with E-state index in [0.29, 0.717) is 35.9 Å². The van der Waals surface area contributed by atoms with Gasteiger partial charge in [-0.2, -0.15) is 10.1 Å². The number of anilines is 1. The summed E-state index contributed by atoms with van der Waals surface area (Å²) in [5.74, 6) is 0.612. The molecule has 182 valence electrons. The largest absolute Gasteiger partial charge is 0.506 e. The number of hydrogen-bond acceptors (Lipinski definition) is 7. The number of aromatic hydroxyl groups is 1. The highest BCUT2D eigenvalue weighted by Crippen LogP contribution is 2.32. The van der Waals surface area contributed by atoms with Crippen LogP contribution in [-0.2, 0) is 7.05 Å². The van der Waals surface area contributed by atoms with Crippen molar-refractivity contribution in [3.8, 4) is 17.4 Å². The highest BCUT2D eigenvalue weighted by Gasteiger charge is 2.15. The molecule has 1 aromatic carbocycles. The van der Waals surface area contributed by atoms with Crippen molar-refractivity contribution in [1.29, 1.82) is 0 Å². The lowest BCUT2D eigenvalue weighted by atomic mass is 9.99. The molecule has 10 nitrogen and oxygen atoms in total. The van der Waals surface area contributed by atoms with Crippen LogP contribution < -0.4 is 20.8 Å². The summed E-state index contributed by atoms with van der Waals surface area (Å²) < 4.78 is 7.71. The molecular formula is C25H29N7O3. The minimum atomic E-state index is -0.531. The first-order valence-electron chi connectivity index (χ1n) is 10.9. The number of hydrogen-bond donors (Lipinski definition) is 4. The van der Waals surface area contributed by atoms with Crippen molar-refractivity contribution in [3.63, 3.8) is 0 Å². The van der Waals surface area contributed by atoms with E-state index in [4.69, 9.17) is 4.74 Å². The van der Waals surface area contributed by atoms with Crippen molar-refractivity contribution in [2.75, 3.05) is 5.32 Å². The molecule has 1 atom stereocenters. The molecule has 0 aliphatic carbocycles. The standard InChI is InChI=1S/C25H29N7O3/c1-6-8-17(7-2)13-21(16(3)31-26-4)30-25(34)29-19-10-9-18(14-22(19)33)35-24-23-20(27-15-28-24)11-12-32(23)5/h6-7,9-12,14-15,17,31,33H,1-2,4,8,13H2,3,5H3,(H2,29,30,34)/b21-16+. The fraction of sp³-hybridized carbons (Fsp3) is 0.200. The molecule has 2 heterocycles. The van der Waals surface area contributed by atoms with E-state index in [0.717, 1.165) is 11.0 Å². The van der Waals surface area contributed by atoms with E-state index < -0.39 is 6.03 Å². The van der Waals surface area contributed by atoms with Gasteiger partial charge >= 0.3 is 6.03 Å². The first kappa shape index (κ1) is 25.0. The van der Waals surface area contributed by atoms with Gasteiger partial charge in [0.05, 0.1) is 11.2 Å². The van der Waals surface area contributed by atoms with E-state index in [2.05, 4.69) is 51.0 Å². The number of rotatable bonds is 11. The number of aromatic nitrogens is 3. The molecule has 0 aliphatic rings. The third kappa shape index (κ3) is 6.26. The molecule has 10 heteroatoms. The van der Waals surface area contributed by atoms with Crippen LogP contribution in [0, 0.1) is 5.92 Å². The molecule has 0 aliphatic heterocycles. The fourth-order valence-electron chi connectivity index (χ4n) is 3.47. The minimum Gasteiger partial charge on any atom is -0.506 e. The summed E-state index contributed by atoms with van der Waals surface area (Å²) in [6.45, 7) is 12.8. The number of nitrogens with one attached hydrogen (secondary N) is 3. The van der Waals surface area contributed by atoms with Gasteiger partial charge < -0.3 is 25.0 Å². The van der Waals surface area contributed by atoms with Crippen molar-refractivity contribution < 1.29 is 14.6 Å². The van der Waals surface area contributed by atoms with Gasteiger partial charge in [0.25, 0.3) is 0 Å². The molecule has 0 saturated carbocycles. The molecule has 1 unspecified atom stereocenters. The van der Waals surface area contributed by atoms with Crippen LogP contribution in [-0.4, -0.2) is 32.4 Å². The van der Waals surface area contributed by atoms with Gasteiger partial charge in [-0.1, -0.05) is 12.2 Å². The Morgan fingerprint density at radius 2 is 2.11 bits per heavy atom. The first-order chi connectivity index (χ1) is 16.9. The van der Waals surface area contributed by atoms with Gasteiger partial charge in [-0.15, -0.1) is 13.2 Å². The summed E-state index contributed by atoms with van der Waals surface area (Å²) in [5.41, 5.74) is 5.67. The lowest BCUT2D eigenvalue weighted by Crippen LogP contribution is -2.31. The Bertz CT molecular complexity index is 1280. The lowest BCUT2D eigenvalue weighted by molar-refractivity contribution is 0.253. The predicted octanol–water partition coefficient (Wildman–Crippen LogP) is 4.79. The third-order valence-electron chi connectivity index (χ3n) is 5.29. The van der Waals surface area contributed by atoms with Crippen LogP contribution in [0.1, 0.15) is 19.8 Å². The van der Waals surface area contributed by atoms with Crippen LogP contribution in [0.25, 0.3) is 11.0 Å². The summed E-state index contributed by atoms with van der Waals surface area (Å²) in [6.07, 6.45) is 8.08. The lowest BCUT2D eigenvalue weighted by Gasteiger charge is -2.18. The molecule has 0 saturated heterocycles. The minimum absolute atomic E-state index is 0.0756. The van der Waals surface area contributed by atoms with Gasteiger partial charge in [0.2, 0.25) is 5.88 Å².